The maximum Gasteiger partial charge on any atom is 0.260 e. The number of sulfonamides is 1. The molecule has 1 unspecified atom stereocenters. The molecule has 2 rings (SSSR count). The quantitative estimate of drug-likeness (QED) is 0.871. The van der Waals surface area contributed by atoms with E-state index >= 15 is 0 Å². The number of hydrogen-bond donors (Lipinski definition) is 2. The fourth-order valence-electron chi connectivity index (χ4n) is 2.80. The zero-order chi connectivity index (χ0) is 14.0. The van der Waals surface area contributed by atoms with E-state index in [-0.39, 0.29) is 16.9 Å². The molecule has 6 nitrogen and oxygen atoms in total. The Morgan fingerprint density at radius 2 is 2.05 bits per heavy atom. The van der Waals surface area contributed by atoms with Gasteiger partial charge >= 0.3 is 0 Å². The lowest BCUT2D eigenvalue weighted by molar-refractivity contribution is 0.302. The van der Waals surface area contributed by atoms with Crippen LogP contribution >= 0.6 is 0 Å². The molecule has 0 spiro atoms. The summed E-state index contributed by atoms with van der Waals surface area (Å²) in [5.41, 5.74) is 5.63. The van der Waals surface area contributed by atoms with Crippen molar-refractivity contribution in [1.82, 2.24) is 14.3 Å². The summed E-state index contributed by atoms with van der Waals surface area (Å²) < 4.78 is 28.8. The minimum absolute atomic E-state index is 0.0471. The van der Waals surface area contributed by atoms with Crippen LogP contribution in [-0.4, -0.2) is 24.0 Å². The van der Waals surface area contributed by atoms with Gasteiger partial charge in [-0.1, -0.05) is 19.3 Å². The van der Waals surface area contributed by atoms with Crippen molar-refractivity contribution in [2.45, 2.75) is 50.1 Å². The molecule has 0 aliphatic heterocycles. The first-order valence-electron chi connectivity index (χ1n) is 6.71. The van der Waals surface area contributed by atoms with Gasteiger partial charge < -0.3 is 10.3 Å². The van der Waals surface area contributed by atoms with Gasteiger partial charge in [-0.25, -0.2) is 18.1 Å². The summed E-state index contributed by atoms with van der Waals surface area (Å²) in [5, 5.41) is 0.0511. The van der Waals surface area contributed by atoms with E-state index in [1.165, 1.54) is 30.2 Å². The van der Waals surface area contributed by atoms with Gasteiger partial charge in [0.15, 0.2) is 10.8 Å². The van der Waals surface area contributed by atoms with Crippen LogP contribution in [0.4, 0.5) is 5.82 Å². The summed E-state index contributed by atoms with van der Waals surface area (Å²) in [6, 6.07) is -0.0698. The number of hydrogen-bond acceptors (Lipinski definition) is 4. The lowest BCUT2D eigenvalue weighted by Crippen LogP contribution is -2.39. The topological polar surface area (TPSA) is 90.0 Å². The van der Waals surface area contributed by atoms with Crippen molar-refractivity contribution in [2.24, 2.45) is 13.0 Å². The molecular formula is C12H22N4O2S. The zero-order valence-corrected chi connectivity index (χ0v) is 12.3. The van der Waals surface area contributed by atoms with E-state index < -0.39 is 10.0 Å². The Hall–Kier alpha value is -1.08. The van der Waals surface area contributed by atoms with Gasteiger partial charge in [-0.3, -0.25) is 0 Å². The Bertz CT molecular complexity index is 512. The minimum Gasteiger partial charge on any atom is -0.381 e. The summed E-state index contributed by atoms with van der Waals surface area (Å²) in [4.78, 5) is 3.82. The van der Waals surface area contributed by atoms with Crippen LogP contribution in [0.25, 0.3) is 0 Å². The summed E-state index contributed by atoms with van der Waals surface area (Å²) >= 11 is 0. The summed E-state index contributed by atoms with van der Waals surface area (Å²) in [6.45, 7) is 1.93. The molecule has 1 fully saturated rings. The van der Waals surface area contributed by atoms with Crippen molar-refractivity contribution in [3.8, 4) is 0 Å². The molecule has 19 heavy (non-hydrogen) atoms. The molecule has 1 atom stereocenters. The molecule has 1 aliphatic rings. The number of anilines is 1. The van der Waals surface area contributed by atoms with Crippen molar-refractivity contribution in [3.63, 3.8) is 0 Å². The zero-order valence-electron chi connectivity index (χ0n) is 11.5. The third kappa shape index (κ3) is 3.09. The number of nitrogens with zero attached hydrogens (tertiary/aromatic N) is 2. The van der Waals surface area contributed by atoms with Crippen LogP contribution in [0, 0.1) is 5.92 Å². The average molecular weight is 286 g/mol. The predicted molar refractivity (Wildman–Crippen MR) is 74.0 cm³/mol. The van der Waals surface area contributed by atoms with E-state index in [4.69, 9.17) is 5.73 Å². The Balaban J connectivity index is 2.13. The standard InChI is InChI=1S/C12H22N4O2S/c1-9(10-6-4-3-5-7-10)15-19(17,18)12-11(13)14-8-16(12)2/h8-10,15H,3-7,13H2,1-2H3. The highest BCUT2D eigenvalue weighted by Crippen LogP contribution is 2.27. The van der Waals surface area contributed by atoms with Gasteiger partial charge in [0.05, 0.1) is 6.33 Å². The Kier molecular flexibility index (Phi) is 4.15. The second kappa shape index (κ2) is 5.50. The van der Waals surface area contributed by atoms with E-state index in [9.17, 15) is 8.42 Å². The van der Waals surface area contributed by atoms with E-state index in [1.807, 2.05) is 6.92 Å². The summed E-state index contributed by atoms with van der Waals surface area (Å²) in [6.07, 6.45) is 7.21. The number of nitrogens with two attached hydrogens (primary N) is 1. The maximum absolute atomic E-state index is 12.3. The van der Waals surface area contributed by atoms with Gasteiger partial charge in [0.2, 0.25) is 0 Å². The highest BCUT2D eigenvalue weighted by molar-refractivity contribution is 7.89. The molecule has 3 N–H and O–H groups in total. The molecule has 0 amide bonds. The molecule has 1 aromatic rings. The molecule has 1 aromatic heterocycles. The molecule has 0 radical (unpaired) electrons. The molecule has 0 aromatic carbocycles. The van der Waals surface area contributed by atoms with Gasteiger partial charge in [-0.15, -0.1) is 0 Å². The van der Waals surface area contributed by atoms with Crippen LogP contribution in [-0.2, 0) is 17.1 Å². The molecule has 1 saturated carbocycles. The monoisotopic (exact) mass is 286 g/mol. The third-order valence-electron chi connectivity index (χ3n) is 3.86. The first kappa shape index (κ1) is 14.3. The fraction of sp³-hybridized carbons (Fsp3) is 0.750. The van der Waals surface area contributed by atoms with Gasteiger partial charge in [0.1, 0.15) is 0 Å². The second-order valence-corrected chi connectivity index (χ2v) is 6.98. The number of imidazole rings is 1. The summed E-state index contributed by atoms with van der Waals surface area (Å²) in [7, 11) is -1.97. The largest absolute Gasteiger partial charge is 0.381 e. The van der Waals surface area contributed by atoms with E-state index in [2.05, 4.69) is 9.71 Å². The predicted octanol–water partition coefficient (Wildman–Crippen LogP) is 1.25. The van der Waals surface area contributed by atoms with Crippen molar-refractivity contribution >= 4 is 15.8 Å². The van der Waals surface area contributed by atoms with E-state index in [0.29, 0.717) is 5.92 Å². The molecule has 7 heteroatoms. The Morgan fingerprint density at radius 1 is 1.42 bits per heavy atom. The first-order valence-corrected chi connectivity index (χ1v) is 8.19. The number of rotatable bonds is 4. The highest BCUT2D eigenvalue weighted by Gasteiger charge is 2.28. The fourth-order valence-corrected chi connectivity index (χ4v) is 4.34. The molecule has 1 aliphatic carbocycles. The van der Waals surface area contributed by atoms with Crippen molar-refractivity contribution in [3.05, 3.63) is 6.33 Å². The van der Waals surface area contributed by atoms with Gasteiger partial charge in [-0.05, 0) is 25.7 Å². The molecule has 0 bridgehead atoms. The van der Waals surface area contributed by atoms with Crippen LogP contribution in [0.5, 0.6) is 0 Å². The van der Waals surface area contributed by atoms with E-state index in [1.54, 1.807) is 7.05 Å². The van der Waals surface area contributed by atoms with Gasteiger partial charge in [0.25, 0.3) is 10.0 Å². The first-order chi connectivity index (χ1) is 8.92. The van der Waals surface area contributed by atoms with Crippen LogP contribution < -0.4 is 10.5 Å². The maximum atomic E-state index is 12.3. The molecule has 108 valence electrons. The Morgan fingerprint density at radius 3 is 2.58 bits per heavy atom. The number of nitrogen functional groups attached to an aromatic ring is 1. The van der Waals surface area contributed by atoms with Crippen LogP contribution in [0.2, 0.25) is 0 Å². The third-order valence-corrected chi connectivity index (χ3v) is 5.55. The SMILES string of the molecule is CC(NS(=O)(=O)c1c(N)ncn1C)C1CCCCC1. The normalized spacial score (nSPS) is 19.5. The minimum atomic E-state index is -3.60. The van der Waals surface area contributed by atoms with Crippen LogP contribution in [0.3, 0.4) is 0 Å². The number of nitrogens with one attached hydrogen (secondary N) is 1. The van der Waals surface area contributed by atoms with Gasteiger partial charge in [0, 0.05) is 13.1 Å². The second-order valence-electron chi connectivity index (χ2n) is 5.35. The molecular weight excluding hydrogens is 264 g/mol. The van der Waals surface area contributed by atoms with Gasteiger partial charge in [-0.2, -0.15) is 0 Å². The lowest BCUT2D eigenvalue weighted by Gasteiger charge is -2.28. The lowest BCUT2D eigenvalue weighted by atomic mass is 9.85. The molecule has 0 saturated heterocycles. The van der Waals surface area contributed by atoms with Crippen LogP contribution in [0.1, 0.15) is 39.0 Å². The van der Waals surface area contributed by atoms with E-state index in [0.717, 1.165) is 12.8 Å². The smallest absolute Gasteiger partial charge is 0.260 e. The highest BCUT2D eigenvalue weighted by atomic mass is 32.2. The molecule has 1 heterocycles. The number of aromatic nitrogens is 2. The Labute approximate surface area is 114 Å². The van der Waals surface area contributed by atoms with Crippen molar-refractivity contribution in [1.29, 1.82) is 0 Å². The summed E-state index contributed by atoms with van der Waals surface area (Å²) in [5.74, 6) is 0.462. The van der Waals surface area contributed by atoms with Crippen molar-refractivity contribution < 1.29 is 8.42 Å². The van der Waals surface area contributed by atoms with Crippen LogP contribution in [0.15, 0.2) is 11.4 Å². The number of aryl methyl sites for hydroxylation is 1. The average Bonchev–Trinajstić information content (AvgIpc) is 2.70. The van der Waals surface area contributed by atoms with Crippen molar-refractivity contribution in [2.75, 3.05) is 5.73 Å².